The maximum absolute atomic E-state index is 11.9. The molecule has 120 valence electrons. The van der Waals surface area contributed by atoms with Crippen molar-refractivity contribution in [2.45, 2.75) is 51.2 Å². The Morgan fingerprint density at radius 3 is 2.64 bits per heavy atom. The molecule has 7 heteroatoms. The lowest BCUT2D eigenvalue weighted by molar-refractivity contribution is -0.127. The molecule has 0 aromatic carbocycles. The Balaban J connectivity index is 1.75. The molecule has 2 rings (SSSR count). The predicted molar refractivity (Wildman–Crippen MR) is 82.7 cm³/mol. The zero-order valence-corrected chi connectivity index (χ0v) is 13.3. The number of esters is 1. The van der Waals surface area contributed by atoms with Gasteiger partial charge in [-0.1, -0.05) is 25.3 Å². The van der Waals surface area contributed by atoms with Crippen molar-refractivity contribution >= 4 is 29.2 Å². The number of carbonyl (C=O) groups excluding carboxylic acids is 3. The molecule has 0 spiro atoms. The fourth-order valence-electron chi connectivity index (χ4n) is 2.35. The van der Waals surface area contributed by atoms with E-state index in [-0.39, 0.29) is 6.04 Å². The largest absolute Gasteiger partial charge is 0.448 e. The van der Waals surface area contributed by atoms with Gasteiger partial charge in [-0.2, -0.15) is 0 Å². The zero-order valence-electron chi connectivity index (χ0n) is 12.5. The molecule has 1 fully saturated rings. The van der Waals surface area contributed by atoms with Gasteiger partial charge in [-0.15, -0.1) is 11.3 Å². The highest BCUT2D eigenvalue weighted by Gasteiger charge is 2.22. The van der Waals surface area contributed by atoms with Gasteiger partial charge in [0.1, 0.15) is 4.88 Å². The van der Waals surface area contributed by atoms with E-state index < -0.39 is 24.0 Å². The van der Waals surface area contributed by atoms with E-state index in [9.17, 15) is 14.4 Å². The van der Waals surface area contributed by atoms with Gasteiger partial charge >= 0.3 is 12.0 Å². The van der Waals surface area contributed by atoms with Crippen LogP contribution in [0.1, 0.15) is 48.7 Å². The van der Waals surface area contributed by atoms with Crippen LogP contribution in [0.3, 0.4) is 0 Å². The van der Waals surface area contributed by atoms with Gasteiger partial charge in [-0.25, -0.2) is 9.59 Å². The van der Waals surface area contributed by atoms with Crippen LogP contribution >= 0.6 is 11.3 Å². The van der Waals surface area contributed by atoms with Crippen LogP contribution in [0.15, 0.2) is 17.5 Å². The summed E-state index contributed by atoms with van der Waals surface area (Å²) >= 11 is 1.24. The van der Waals surface area contributed by atoms with Crippen LogP contribution in [0.4, 0.5) is 4.79 Å². The van der Waals surface area contributed by atoms with E-state index in [1.807, 2.05) is 0 Å². The van der Waals surface area contributed by atoms with E-state index in [2.05, 4.69) is 10.6 Å². The molecule has 0 unspecified atom stereocenters. The molecule has 22 heavy (non-hydrogen) atoms. The van der Waals surface area contributed by atoms with Crippen molar-refractivity contribution in [2.24, 2.45) is 0 Å². The second-order valence-corrected chi connectivity index (χ2v) is 6.27. The molecule has 1 aliphatic carbocycles. The first-order chi connectivity index (χ1) is 10.6. The lowest BCUT2D eigenvalue weighted by Crippen LogP contribution is -2.48. The third kappa shape index (κ3) is 4.84. The van der Waals surface area contributed by atoms with E-state index in [0.29, 0.717) is 4.88 Å². The minimum atomic E-state index is -1.02. The molecule has 6 nitrogen and oxygen atoms in total. The molecule has 3 amide bonds. The van der Waals surface area contributed by atoms with Crippen molar-refractivity contribution in [2.75, 3.05) is 0 Å². The third-order valence-electron chi connectivity index (χ3n) is 3.55. The lowest BCUT2D eigenvalue weighted by Gasteiger charge is -2.23. The normalized spacial score (nSPS) is 16.6. The second-order valence-electron chi connectivity index (χ2n) is 5.32. The summed E-state index contributed by atoms with van der Waals surface area (Å²) in [4.78, 5) is 35.8. The van der Waals surface area contributed by atoms with Crippen molar-refractivity contribution < 1.29 is 19.1 Å². The molecule has 1 aromatic rings. The van der Waals surface area contributed by atoms with Gasteiger partial charge in [-0.3, -0.25) is 10.1 Å². The monoisotopic (exact) mass is 324 g/mol. The number of hydrogen-bond donors (Lipinski definition) is 2. The maximum Gasteiger partial charge on any atom is 0.349 e. The molecule has 0 radical (unpaired) electrons. The summed E-state index contributed by atoms with van der Waals surface area (Å²) in [6.07, 6.45) is 4.22. The van der Waals surface area contributed by atoms with E-state index in [0.717, 1.165) is 25.7 Å². The van der Waals surface area contributed by atoms with Crippen LogP contribution in [0.25, 0.3) is 0 Å². The van der Waals surface area contributed by atoms with Crippen molar-refractivity contribution in [1.82, 2.24) is 10.6 Å². The van der Waals surface area contributed by atoms with Crippen LogP contribution in [-0.4, -0.2) is 30.1 Å². The Kier molecular flexibility index (Phi) is 5.94. The zero-order chi connectivity index (χ0) is 15.9. The fourth-order valence-corrected chi connectivity index (χ4v) is 2.95. The first-order valence-corrected chi connectivity index (χ1v) is 8.30. The Labute approximate surface area is 133 Å². The van der Waals surface area contributed by atoms with Crippen LogP contribution < -0.4 is 10.6 Å². The summed E-state index contributed by atoms with van der Waals surface area (Å²) in [6.45, 7) is 1.44. The molecule has 1 aromatic heterocycles. The molecule has 0 saturated heterocycles. The maximum atomic E-state index is 11.9. The first kappa shape index (κ1) is 16.5. The number of amides is 3. The number of urea groups is 1. The van der Waals surface area contributed by atoms with Gasteiger partial charge in [0.2, 0.25) is 0 Å². The molecule has 0 aliphatic heterocycles. The molecule has 1 saturated carbocycles. The molecule has 0 bridgehead atoms. The smallest absolute Gasteiger partial charge is 0.349 e. The van der Waals surface area contributed by atoms with Crippen LogP contribution in [0.5, 0.6) is 0 Å². The summed E-state index contributed by atoms with van der Waals surface area (Å²) in [5, 5.41) is 6.74. The topological polar surface area (TPSA) is 84.5 Å². The van der Waals surface area contributed by atoms with Gasteiger partial charge in [-0.05, 0) is 31.2 Å². The third-order valence-corrected chi connectivity index (χ3v) is 4.40. The van der Waals surface area contributed by atoms with Crippen molar-refractivity contribution in [1.29, 1.82) is 0 Å². The summed E-state index contributed by atoms with van der Waals surface area (Å²) in [7, 11) is 0. The Morgan fingerprint density at radius 1 is 1.27 bits per heavy atom. The minimum absolute atomic E-state index is 0.116. The molecule has 2 N–H and O–H groups in total. The molecule has 1 heterocycles. The summed E-state index contributed by atoms with van der Waals surface area (Å²) in [6, 6.07) is 2.93. The minimum Gasteiger partial charge on any atom is -0.448 e. The number of imide groups is 1. The van der Waals surface area contributed by atoms with Gasteiger partial charge in [0.05, 0.1) is 0 Å². The van der Waals surface area contributed by atoms with Crippen molar-refractivity contribution in [3.63, 3.8) is 0 Å². The predicted octanol–water partition coefficient (Wildman–Crippen LogP) is 2.45. The van der Waals surface area contributed by atoms with Gasteiger partial charge < -0.3 is 10.1 Å². The van der Waals surface area contributed by atoms with E-state index >= 15 is 0 Å². The van der Waals surface area contributed by atoms with Gasteiger partial charge in [0.15, 0.2) is 6.10 Å². The average Bonchev–Trinajstić information content (AvgIpc) is 3.02. The summed E-state index contributed by atoms with van der Waals surface area (Å²) in [5.74, 6) is -1.19. The molecule has 1 aliphatic rings. The van der Waals surface area contributed by atoms with Gasteiger partial charge in [0.25, 0.3) is 5.91 Å². The molecular weight excluding hydrogens is 304 g/mol. The number of thiophene rings is 1. The fraction of sp³-hybridized carbons (Fsp3) is 0.533. The van der Waals surface area contributed by atoms with Crippen molar-refractivity contribution in [3.8, 4) is 0 Å². The highest BCUT2D eigenvalue weighted by Crippen LogP contribution is 2.17. The number of ether oxygens (including phenoxy) is 1. The van der Waals surface area contributed by atoms with Crippen LogP contribution in [-0.2, 0) is 9.53 Å². The van der Waals surface area contributed by atoms with E-state index in [1.54, 1.807) is 17.5 Å². The van der Waals surface area contributed by atoms with E-state index in [1.165, 1.54) is 24.7 Å². The standard InChI is InChI=1S/C15H20N2O4S/c1-10(21-14(19)12-8-5-9-22-12)13(18)17-15(20)16-11-6-3-2-4-7-11/h5,8-11H,2-4,6-7H2,1H3,(H2,16,17,18,20)/t10-/m0/s1. The van der Waals surface area contributed by atoms with Crippen LogP contribution in [0, 0.1) is 0 Å². The Morgan fingerprint density at radius 2 is 2.00 bits per heavy atom. The number of rotatable bonds is 4. The van der Waals surface area contributed by atoms with Crippen molar-refractivity contribution in [3.05, 3.63) is 22.4 Å². The highest BCUT2D eigenvalue weighted by molar-refractivity contribution is 7.11. The highest BCUT2D eigenvalue weighted by atomic mass is 32.1. The first-order valence-electron chi connectivity index (χ1n) is 7.42. The lowest BCUT2D eigenvalue weighted by atomic mass is 9.96. The number of hydrogen-bond acceptors (Lipinski definition) is 5. The number of nitrogens with one attached hydrogen (secondary N) is 2. The Hall–Kier alpha value is -1.89. The molecular formula is C15H20N2O4S. The SMILES string of the molecule is C[C@H](OC(=O)c1cccs1)C(=O)NC(=O)NC1CCCCC1. The summed E-state index contributed by atoms with van der Waals surface area (Å²) < 4.78 is 5.03. The quantitative estimate of drug-likeness (QED) is 0.833. The Bertz CT molecular complexity index is 524. The molecule has 1 atom stereocenters. The van der Waals surface area contributed by atoms with Gasteiger partial charge in [0, 0.05) is 6.04 Å². The van der Waals surface area contributed by atoms with Crippen LogP contribution in [0.2, 0.25) is 0 Å². The second kappa shape index (κ2) is 7.93. The average molecular weight is 324 g/mol. The number of carbonyl (C=O) groups is 3. The summed E-state index contributed by atoms with van der Waals surface area (Å²) in [5.41, 5.74) is 0. The van der Waals surface area contributed by atoms with E-state index in [4.69, 9.17) is 4.74 Å².